The number of nitrogens with zero attached hydrogens (tertiary/aromatic N) is 1. The Labute approximate surface area is 115 Å². The van der Waals surface area contributed by atoms with Crippen molar-refractivity contribution in [2.24, 2.45) is 0 Å². The molecule has 2 aromatic rings. The average Bonchev–Trinajstić information content (AvgIpc) is 2.86. The molecule has 2 rings (SSSR count). The van der Waals surface area contributed by atoms with E-state index in [0.29, 0.717) is 18.7 Å². The zero-order chi connectivity index (χ0) is 14.5. The minimum Gasteiger partial charge on any atom is -0.478 e. The summed E-state index contributed by atoms with van der Waals surface area (Å²) in [7, 11) is 0. The van der Waals surface area contributed by atoms with E-state index >= 15 is 0 Å². The predicted octanol–water partition coefficient (Wildman–Crippen LogP) is 1.65. The van der Waals surface area contributed by atoms with Gasteiger partial charge >= 0.3 is 5.97 Å². The van der Waals surface area contributed by atoms with Crippen LogP contribution in [0.25, 0.3) is 0 Å². The summed E-state index contributed by atoms with van der Waals surface area (Å²) in [5.74, 6) is -0.700. The lowest BCUT2D eigenvalue weighted by Gasteiger charge is -2.04. The fraction of sp³-hybridized carbons (Fsp3) is 0.214. The molecule has 0 bridgehead atoms. The van der Waals surface area contributed by atoms with Gasteiger partial charge in [0, 0.05) is 12.6 Å². The van der Waals surface area contributed by atoms with Crippen molar-refractivity contribution in [3.05, 3.63) is 52.9 Å². The van der Waals surface area contributed by atoms with Gasteiger partial charge in [-0.15, -0.1) is 0 Å². The molecule has 0 aliphatic heterocycles. The Morgan fingerprint density at radius 1 is 1.35 bits per heavy atom. The molecule has 0 atom stereocenters. The van der Waals surface area contributed by atoms with Gasteiger partial charge in [-0.25, -0.2) is 4.79 Å². The van der Waals surface area contributed by atoms with Crippen LogP contribution in [-0.2, 0) is 6.42 Å². The molecule has 0 radical (unpaired) electrons. The number of carboxylic acid groups (broad SMARTS) is 1. The second kappa shape index (κ2) is 6.01. The van der Waals surface area contributed by atoms with E-state index in [9.17, 15) is 9.59 Å². The number of carbonyl (C=O) groups excluding carboxylic acids is 1. The number of benzene rings is 1. The van der Waals surface area contributed by atoms with Gasteiger partial charge in [0.25, 0.3) is 5.91 Å². The van der Waals surface area contributed by atoms with E-state index in [1.165, 1.54) is 6.07 Å². The number of aromatic carboxylic acids is 1. The third-order valence-corrected chi connectivity index (χ3v) is 2.73. The first kappa shape index (κ1) is 13.8. The summed E-state index contributed by atoms with van der Waals surface area (Å²) in [6.45, 7) is 2.11. The maximum absolute atomic E-state index is 11.7. The van der Waals surface area contributed by atoms with Crippen molar-refractivity contribution in [1.29, 1.82) is 0 Å². The van der Waals surface area contributed by atoms with Gasteiger partial charge < -0.3 is 14.9 Å². The molecule has 0 aliphatic carbocycles. The summed E-state index contributed by atoms with van der Waals surface area (Å²) in [6, 6.07) is 8.18. The molecule has 6 nitrogen and oxygen atoms in total. The van der Waals surface area contributed by atoms with Crippen molar-refractivity contribution in [3.63, 3.8) is 0 Å². The van der Waals surface area contributed by atoms with Crippen LogP contribution in [0.3, 0.4) is 0 Å². The van der Waals surface area contributed by atoms with Crippen LogP contribution in [0.2, 0.25) is 0 Å². The SMILES string of the molecule is Cc1cc(C(=O)NCCc2cccc(C(=O)O)c2)no1. The van der Waals surface area contributed by atoms with Gasteiger partial charge in [-0.05, 0) is 31.0 Å². The maximum Gasteiger partial charge on any atom is 0.335 e. The summed E-state index contributed by atoms with van der Waals surface area (Å²) >= 11 is 0. The van der Waals surface area contributed by atoms with Crippen LogP contribution in [0, 0.1) is 6.92 Å². The number of amides is 1. The summed E-state index contributed by atoms with van der Waals surface area (Å²) in [5.41, 5.74) is 1.32. The molecule has 0 saturated carbocycles. The van der Waals surface area contributed by atoms with Gasteiger partial charge in [-0.3, -0.25) is 4.79 Å². The van der Waals surface area contributed by atoms with Crippen LogP contribution in [-0.4, -0.2) is 28.7 Å². The van der Waals surface area contributed by atoms with Crippen molar-refractivity contribution in [2.45, 2.75) is 13.3 Å². The molecule has 0 saturated heterocycles. The lowest BCUT2D eigenvalue weighted by Crippen LogP contribution is -2.26. The van der Waals surface area contributed by atoms with Crippen molar-refractivity contribution in [2.75, 3.05) is 6.54 Å². The van der Waals surface area contributed by atoms with Crippen LogP contribution in [0.15, 0.2) is 34.9 Å². The van der Waals surface area contributed by atoms with E-state index in [1.807, 2.05) is 6.07 Å². The molecule has 0 fully saturated rings. The van der Waals surface area contributed by atoms with Gasteiger partial charge in [0.2, 0.25) is 0 Å². The molecule has 1 amide bonds. The first-order chi connectivity index (χ1) is 9.56. The number of aryl methyl sites for hydroxylation is 1. The number of hydrogen-bond acceptors (Lipinski definition) is 4. The second-order valence-corrected chi connectivity index (χ2v) is 4.33. The topological polar surface area (TPSA) is 92.4 Å². The van der Waals surface area contributed by atoms with E-state index in [2.05, 4.69) is 10.5 Å². The first-order valence-electron chi connectivity index (χ1n) is 6.10. The number of nitrogens with one attached hydrogen (secondary N) is 1. The van der Waals surface area contributed by atoms with E-state index in [4.69, 9.17) is 9.63 Å². The normalized spacial score (nSPS) is 10.2. The largest absolute Gasteiger partial charge is 0.478 e. The molecular weight excluding hydrogens is 260 g/mol. The number of aromatic nitrogens is 1. The van der Waals surface area contributed by atoms with Crippen LogP contribution >= 0.6 is 0 Å². The summed E-state index contributed by atoms with van der Waals surface area (Å²) < 4.78 is 4.82. The molecule has 2 N–H and O–H groups in total. The third-order valence-electron chi connectivity index (χ3n) is 2.73. The highest BCUT2D eigenvalue weighted by molar-refractivity contribution is 5.92. The first-order valence-corrected chi connectivity index (χ1v) is 6.10. The average molecular weight is 274 g/mol. The highest BCUT2D eigenvalue weighted by atomic mass is 16.5. The molecule has 0 aliphatic rings. The Morgan fingerprint density at radius 2 is 2.15 bits per heavy atom. The zero-order valence-electron chi connectivity index (χ0n) is 10.9. The lowest BCUT2D eigenvalue weighted by atomic mass is 10.1. The molecule has 0 unspecified atom stereocenters. The number of hydrogen-bond donors (Lipinski definition) is 2. The van der Waals surface area contributed by atoms with Crippen LogP contribution < -0.4 is 5.32 Å². The summed E-state index contributed by atoms with van der Waals surface area (Å²) in [4.78, 5) is 22.5. The molecule has 1 heterocycles. The molecule has 6 heteroatoms. The number of carbonyl (C=O) groups is 2. The van der Waals surface area contributed by atoms with Gasteiger partial charge in [0.1, 0.15) is 5.76 Å². The highest BCUT2D eigenvalue weighted by Gasteiger charge is 2.10. The van der Waals surface area contributed by atoms with Gasteiger partial charge in [-0.1, -0.05) is 17.3 Å². The van der Waals surface area contributed by atoms with Crippen molar-refractivity contribution < 1.29 is 19.2 Å². The zero-order valence-corrected chi connectivity index (χ0v) is 10.9. The van der Waals surface area contributed by atoms with Gasteiger partial charge in [0.15, 0.2) is 5.69 Å². The van der Waals surface area contributed by atoms with Gasteiger partial charge in [0.05, 0.1) is 5.56 Å². The van der Waals surface area contributed by atoms with E-state index < -0.39 is 5.97 Å². The number of carboxylic acids is 1. The molecule has 104 valence electrons. The van der Waals surface area contributed by atoms with E-state index in [0.717, 1.165) is 5.56 Å². The molecule has 1 aromatic heterocycles. The van der Waals surface area contributed by atoms with Crippen molar-refractivity contribution in [1.82, 2.24) is 10.5 Å². The molecule has 0 spiro atoms. The molecular formula is C14H14N2O4. The van der Waals surface area contributed by atoms with Crippen LogP contribution in [0.5, 0.6) is 0 Å². The van der Waals surface area contributed by atoms with Crippen molar-refractivity contribution >= 4 is 11.9 Å². The standard InChI is InChI=1S/C14H14N2O4/c1-9-7-12(16-20-9)13(17)15-6-5-10-3-2-4-11(8-10)14(18)19/h2-4,7-8H,5-6H2,1H3,(H,15,17)(H,18,19). The Morgan fingerprint density at radius 3 is 2.80 bits per heavy atom. The third kappa shape index (κ3) is 3.44. The highest BCUT2D eigenvalue weighted by Crippen LogP contribution is 2.06. The van der Waals surface area contributed by atoms with Crippen LogP contribution in [0.1, 0.15) is 32.2 Å². The van der Waals surface area contributed by atoms with Crippen molar-refractivity contribution in [3.8, 4) is 0 Å². The molecule has 1 aromatic carbocycles. The summed E-state index contributed by atoms with van der Waals surface area (Å²) in [5, 5.41) is 15.2. The summed E-state index contributed by atoms with van der Waals surface area (Å²) in [6.07, 6.45) is 0.545. The minimum absolute atomic E-state index is 0.237. The fourth-order valence-electron chi connectivity index (χ4n) is 1.74. The Hall–Kier alpha value is -2.63. The Bertz CT molecular complexity index is 634. The Kier molecular flexibility index (Phi) is 4.14. The smallest absolute Gasteiger partial charge is 0.335 e. The minimum atomic E-state index is -0.964. The molecule has 20 heavy (non-hydrogen) atoms. The predicted molar refractivity (Wildman–Crippen MR) is 70.7 cm³/mol. The number of rotatable bonds is 5. The monoisotopic (exact) mass is 274 g/mol. The van der Waals surface area contributed by atoms with E-state index in [1.54, 1.807) is 25.1 Å². The fourth-order valence-corrected chi connectivity index (χ4v) is 1.74. The van der Waals surface area contributed by atoms with Crippen LogP contribution in [0.4, 0.5) is 0 Å². The van der Waals surface area contributed by atoms with Gasteiger partial charge in [-0.2, -0.15) is 0 Å². The maximum atomic E-state index is 11.7. The van der Waals surface area contributed by atoms with E-state index in [-0.39, 0.29) is 17.2 Å². The lowest BCUT2D eigenvalue weighted by molar-refractivity contribution is 0.0696. The quantitative estimate of drug-likeness (QED) is 0.864. The second-order valence-electron chi connectivity index (χ2n) is 4.33. The Balaban J connectivity index is 1.88.